The van der Waals surface area contributed by atoms with Gasteiger partial charge in [0.05, 0.1) is 23.7 Å². The zero-order chi connectivity index (χ0) is 24.4. The van der Waals surface area contributed by atoms with Gasteiger partial charge in [0.15, 0.2) is 0 Å². The molecule has 0 aromatic carbocycles. The normalized spacial score (nSPS) is 37.0. The molecule has 2 bridgehead atoms. The van der Waals surface area contributed by atoms with Gasteiger partial charge in [-0.2, -0.15) is 0 Å². The van der Waals surface area contributed by atoms with Gasteiger partial charge in [0.1, 0.15) is 6.61 Å². The van der Waals surface area contributed by atoms with Crippen molar-refractivity contribution >= 4 is 5.91 Å². The zero-order valence-electron chi connectivity index (χ0n) is 17.9. The summed E-state index contributed by atoms with van der Waals surface area (Å²) in [5, 5.41) is 11.0. The van der Waals surface area contributed by atoms with Crippen LogP contribution in [0.5, 0.6) is 0 Å². The maximum absolute atomic E-state index is 12.3. The fourth-order valence-corrected chi connectivity index (χ4v) is 5.69. The van der Waals surface area contributed by atoms with Crippen molar-refractivity contribution in [3.8, 4) is 0 Å². The summed E-state index contributed by atoms with van der Waals surface area (Å²) in [6.07, 6.45) is -8.81. The van der Waals surface area contributed by atoms with Crippen molar-refractivity contribution in [2.24, 2.45) is 0 Å². The van der Waals surface area contributed by atoms with Crippen molar-refractivity contribution in [1.82, 2.24) is 15.5 Å². The van der Waals surface area contributed by atoms with Gasteiger partial charge in [-0.3, -0.25) is 14.3 Å². The highest BCUT2D eigenvalue weighted by molar-refractivity contribution is 5.79. The van der Waals surface area contributed by atoms with Gasteiger partial charge in [-0.25, -0.2) is 0 Å². The zero-order valence-corrected chi connectivity index (χ0v) is 17.9. The smallest absolute Gasteiger partial charge is 0.424 e. The van der Waals surface area contributed by atoms with E-state index in [9.17, 15) is 31.1 Å². The first-order valence-corrected chi connectivity index (χ1v) is 11.1. The summed E-state index contributed by atoms with van der Waals surface area (Å²) < 4.78 is 92.8. The molecule has 0 spiro atoms. The summed E-state index contributed by atoms with van der Waals surface area (Å²) in [4.78, 5) is 12.3. The van der Waals surface area contributed by atoms with Gasteiger partial charge in [0.25, 0.3) is 0 Å². The number of alkyl halides is 6. The molecule has 14 heteroatoms. The van der Waals surface area contributed by atoms with Crippen LogP contribution in [0, 0.1) is 0 Å². The lowest BCUT2D eigenvalue weighted by molar-refractivity contribution is -0.352. The van der Waals surface area contributed by atoms with Crippen LogP contribution in [0.1, 0.15) is 69.1 Å². The molecule has 2 atom stereocenters. The Balaban J connectivity index is 1.02. The van der Waals surface area contributed by atoms with Gasteiger partial charge in [0.2, 0.25) is 17.7 Å². The van der Waals surface area contributed by atoms with Crippen molar-refractivity contribution < 1.29 is 49.8 Å². The monoisotopic (exact) mass is 499 g/mol. The van der Waals surface area contributed by atoms with E-state index < -0.39 is 36.6 Å². The number of halogens is 6. The standard InChI is InChI=1S/C20H23F6N3O5/c21-19(22,23)33-12-2-1-11(5-12)31-6-14(30)27-18-7-17(8-18,9-18)16-29-28-15(32-16)10-3-13(4-10)34-20(24,25)26/h10-13H,1-9H2,(H,27,30)/t10-,11-,12+,13+,17?,18?/m0/s1. The molecule has 1 amide bonds. The number of rotatable bonds is 8. The van der Waals surface area contributed by atoms with Crippen LogP contribution in [0.15, 0.2) is 4.42 Å². The van der Waals surface area contributed by atoms with Crippen LogP contribution in [0.4, 0.5) is 26.3 Å². The highest BCUT2D eigenvalue weighted by Gasteiger charge is 2.72. The molecule has 5 aliphatic carbocycles. The number of amides is 1. The van der Waals surface area contributed by atoms with Gasteiger partial charge in [-0.05, 0) is 44.9 Å². The van der Waals surface area contributed by atoms with E-state index in [-0.39, 0.29) is 49.5 Å². The predicted octanol–water partition coefficient (Wildman–Crippen LogP) is 3.62. The molecule has 1 aromatic rings. The maximum Gasteiger partial charge on any atom is 0.522 e. The van der Waals surface area contributed by atoms with Gasteiger partial charge in [-0.15, -0.1) is 36.5 Å². The molecule has 0 aliphatic heterocycles. The van der Waals surface area contributed by atoms with Crippen LogP contribution in [-0.4, -0.2) is 59.3 Å². The first-order valence-electron chi connectivity index (χ1n) is 11.1. The summed E-state index contributed by atoms with van der Waals surface area (Å²) in [7, 11) is 0. The number of nitrogens with zero attached hydrogens (tertiary/aromatic N) is 2. The third-order valence-corrected chi connectivity index (χ3v) is 7.16. The number of carbonyl (C=O) groups is 1. The summed E-state index contributed by atoms with van der Waals surface area (Å²) in [5.41, 5.74) is -0.729. The van der Waals surface area contributed by atoms with Gasteiger partial charge >= 0.3 is 12.7 Å². The molecule has 0 radical (unpaired) electrons. The summed E-state index contributed by atoms with van der Waals surface area (Å²) in [5.74, 6) is 0.127. The lowest BCUT2D eigenvalue weighted by Crippen LogP contribution is -2.77. The van der Waals surface area contributed by atoms with E-state index in [0.717, 1.165) is 0 Å². The first kappa shape index (κ1) is 23.8. The Labute approximate surface area is 189 Å². The van der Waals surface area contributed by atoms with E-state index in [2.05, 4.69) is 25.0 Å². The van der Waals surface area contributed by atoms with Crippen LogP contribution in [-0.2, 0) is 24.4 Å². The Morgan fingerprint density at radius 1 is 0.941 bits per heavy atom. The third kappa shape index (κ3) is 4.89. The number of hydrogen-bond donors (Lipinski definition) is 1. The summed E-state index contributed by atoms with van der Waals surface area (Å²) in [6, 6.07) is 0. The summed E-state index contributed by atoms with van der Waals surface area (Å²) >= 11 is 0. The third-order valence-electron chi connectivity index (χ3n) is 7.16. The lowest BCUT2D eigenvalue weighted by Gasteiger charge is -2.68. The molecule has 1 N–H and O–H groups in total. The van der Waals surface area contributed by atoms with Crippen LogP contribution in [0.25, 0.3) is 0 Å². The van der Waals surface area contributed by atoms with E-state index in [1.165, 1.54) is 0 Å². The molecule has 190 valence electrons. The average molecular weight is 499 g/mol. The van der Waals surface area contributed by atoms with Crippen LogP contribution < -0.4 is 5.32 Å². The second kappa shape index (κ2) is 8.05. The number of ether oxygens (including phenoxy) is 3. The molecule has 5 aliphatic rings. The van der Waals surface area contributed by atoms with E-state index in [0.29, 0.717) is 37.5 Å². The largest absolute Gasteiger partial charge is 0.522 e. The Hall–Kier alpha value is -1.93. The highest BCUT2D eigenvalue weighted by atomic mass is 19.4. The Kier molecular flexibility index (Phi) is 5.63. The first-order chi connectivity index (χ1) is 15.8. The molecule has 0 unspecified atom stereocenters. The van der Waals surface area contributed by atoms with Crippen molar-refractivity contribution in [3.63, 3.8) is 0 Å². The molecule has 1 heterocycles. The maximum atomic E-state index is 12.3. The molecule has 6 rings (SSSR count). The topological polar surface area (TPSA) is 95.7 Å². The minimum atomic E-state index is -4.68. The van der Waals surface area contributed by atoms with E-state index in [1.54, 1.807) is 0 Å². The number of nitrogens with one attached hydrogen (secondary N) is 1. The van der Waals surface area contributed by atoms with E-state index in [1.807, 2.05) is 0 Å². The molecule has 1 aromatic heterocycles. The Morgan fingerprint density at radius 2 is 1.56 bits per heavy atom. The van der Waals surface area contributed by atoms with Crippen LogP contribution in [0.2, 0.25) is 0 Å². The highest BCUT2D eigenvalue weighted by Crippen LogP contribution is 2.67. The number of hydrogen-bond acceptors (Lipinski definition) is 7. The van der Waals surface area contributed by atoms with Gasteiger partial charge in [0, 0.05) is 17.9 Å². The SMILES string of the molecule is O=C(CO[C@H]1CC[C@@H](OC(F)(F)F)C1)NC12CC(c3nnc([C@H]4C[C@@H](OC(F)(F)F)C4)o3)(C1)C2. The molecule has 34 heavy (non-hydrogen) atoms. The molecular formula is C20H23F6N3O5. The molecule has 5 saturated carbocycles. The second-order valence-corrected chi connectivity index (χ2v) is 9.87. The Morgan fingerprint density at radius 3 is 2.21 bits per heavy atom. The van der Waals surface area contributed by atoms with Gasteiger partial charge in [-0.1, -0.05) is 0 Å². The fourth-order valence-electron chi connectivity index (χ4n) is 5.69. The van der Waals surface area contributed by atoms with Crippen molar-refractivity contribution in [2.75, 3.05) is 6.61 Å². The van der Waals surface area contributed by atoms with Crippen molar-refractivity contribution in [2.45, 2.75) is 99.3 Å². The molecule has 8 nitrogen and oxygen atoms in total. The lowest BCUT2D eigenvalue weighted by atomic mass is 9.39. The predicted molar refractivity (Wildman–Crippen MR) is 98.1 cm³/mol. The van der Waals surface area contributed by atoms with Crippen LogP contribution >= 0.6 is 0 Å². The minimum absolute atomic E-state index is 0.0879. The van der Waals surface area contributed by atoms with Crippen molar-refractivity contribution in [3.05, 3.63) is 11.8 Å². The van der Waals surface area contributed by atoms with Crippen LogP contribution in [0.3, 0.4) is 0 Å². The van der Waals surface area contributed by atoms with E-state index in [4.69, 9.17) is 9.15 Å². The average Bonchev–Trinajstić information content (AvgIpc) is 3.25. The van der Waals surface area contributed by atoms with Gasteiger partial charge < -0.3 is 14.5 Å². The van der Waals surface area contributed by atoms with E-state index >= 15 is 0 Å². The number of aromatic nitrogens is 2. The van der Waals surface area contributed by atoms with Crippen molar-refractivity contribution in [1.29, 1.82) is 0 Å². The molecule has 5 fully saturated rings. The number of carbonyl (C=O) groups excluding carboxylic acids is 1. The molecular weight excluding hydrogens is 476 g/mol. The molecule has 0 saturated heterocycles. The second-order valence-electron chi connectivity index (χ2n) is 9.87. The fraction of sp³-hybridized carbons (Fsp3) is 0.850. The minimum Gasteiger partial charge on any atom is -0.424 e. The quantitative estimate of drug-likeness (QED) is 0.546. The Bertz CT molecular complexity index is 909. The summed E-state index contributed by atoms with van der Waals surface area (Å²) in [6.45, 7) is -0.244.